The second-order valence-electron chi connectivity index (χ2n) is 4.66. The van der Waals surface area contributed by atoms with Gasteiger partial charge < -0.3 is 10.4 Å². The van der Waals surface area contributed by atoms with Crippen LogP contribution in [0.5, 0.6) is 0 Å². The molecule has 1 unspecified atom stereocenters. The number of nitrogens with one attached hydrogen (secondary N) is 1. The van der Waals surface area contributed by atoms with Gasteiger partial charge in [-0.3, -0.25) is 9.48 Å². The Morgan fingerprint density at radius 3 is 2.41 bits per heavy atom. The summed E-state index contributed by atoms with van der Waals surface area (Å²) in [5, 5.41) is 16.4. The standard InChI is InChI=1S/C12H21N3O2/c1-8-9(2)14-15(10(8)3)7-6-12(4,13-5)11(16)17/h13H,6-7H2,1-5H3,(H,16,17). The molecular formula is C12H21N3O2. The fourth-order valence-corrected chi connectivity index (χ4v) is 1.67. The molecule has 1 rings (SSSR count). The van der Waals surface area contributed by atoms with Gasteiger partial charge in [0.25, 0.3) is 0 Å². The number of carbonyl (C=O) groups is 1. The number of carboxylic acid groups (broad SMARTS) is 1. The number of aryl methyl sites for hydroxylation is 2. The highest BCUT2D eigenvalue weighted by Crippen LogP contribution is 2.15. The third kappa shape index (κ3) is 2.66. The summed E-state index contributed by atoms with van der Waals surface area (Å²) < 4.78 is 1.88. The van der Waals surface area contributed by atoms with Gasteiger partial charge in [0.05, 0.1) is 5.69 Å². The Bertz CT molecular complexity index is 426. The van der Waals surface area contributed by atoms with E-state index >= 15 is 0 Å². The fraction of sp³-hybridized carbons (Fsp3) is 0.667. The smallest absolute Gasteiger partial charge is 0.323 e. The number of aromatic nitrogens is 2. The van der Waals surface area contributed by atoms with Gasteiger partial charge >= 0.3 is 5.97 Å². The van der Waals surface area contributed by atoms with E-state index in [1.165, 1.54) is 5.56 Å². The van der Waals surface area contributed by atoms with Crippen molar-refractivity contribution in [2.45, 2.75) is 46.2 Å². The lowest BCUT2D eigenvalue weighted by molar-refractivity contribution is -0.144. The first-order valence-electron chi connectivity index (χ1n) is 5.74. The monoisotopic (exact) mass is 239 g/mol. The summed E-state index contributed by atoms with van der Waals surface area (Å²) in [6.07, 6.45) is 0.500. The molecule has 0 saturated carbocycles. The number of hydrogen-bond donors (Lipinski definition) is 2. The molecule has 1 atom stereocenters. The van der Waals surface area contributed by atoms with E-state index < -0.39 is 11.5 Å². The summed E-state index contributed by atoms with van der Waals surface area (Å²) in [5.41, 5.74) is 2.38. The number of rotatable bonds is 5. The van der Waals surface area contributed by atoms with Gasteiger partial charge in [-0.15, -0.1) is 0 Å². The number of likely N-dealkylation sites (N-methyl/N-ethyl adjacent to an activating group) is 1. The SMILES string of the molecule is CNC(C)(CCn1nc(C)c(C)c1C)C(=O)O. The first-order valence-corrected chi connectivity index (χ1v) is 5.74. The number of aliphatic carboxylic acids is 1. The molecule has 1 aromatic heterocycles. The molecular weight excluding hydrogens is 218 g/mol. The molecule has 0 radical (unpaired) electrons. The minimum absolute atomic E-state index is 0.500. The Balaban J connectivity index is 2.80. The van der Waals surface area contributed by atoms with Crippen LogP contribution >= 0.6 is 0 Å². The van der Waals surface area contributed by atoms with Crippen molar-refractivity contribution in [1.82, 2.24) is 15.1 Å². The summed E-state index contributed by atoms with van der Waals surface area (Å²) in [6.45, 7) is 8.29. The van der Waals surface area contributed by atoms with Crippen LogP contribution in [-0.4, -0.2) is 33.4 Å². The highest BCUT2D eigenvalue weighted by atomic mass is 16.4. The molecule has 0 aliphatic rings. The summed E-state index contributed by atoms with van der Waals surface area (Å²) in [6, 6.07) is 0. The minimum atomic E-state index is -0.903. The lowest BCUT2D eigenvalue weighted by Crippen LogP contribution is -2.48. The molecule has 0 bridgehead atoms. The van der Waals surface area contributed by atoms with Crippen LogP contribution in [-0.2, 0) is 11.3 Å². The molecule has 5 nitrogen and oxygen atoms in total. The first kappa shape index (κ1) is 13.7. The molecule has 1 aromatic rings. The van der Waals surface area contributed by atoms with Crippen LogP contribution in [0.25, 0.3) is 0 Å². The van der Waals surface area contributed by atoms with Gasteiger partial charge in [0.1, 0.15) is 5.54 Å². The molecule has 0 amide bonds. The zero-order chi connectivity index (χ0) is 13.2. The second kappa shape index (κ2) is 4.87. The Kier molecular flexibility index (Phi) is 3.93. The normalized spacial score (nSPS) is 14.6. The van der Waals surface area contributed by atoms with E-state index in [2.05, 4.69) is 10.4 Å². The lowest BCUT2D eigenvalue weighted by atomic mass is 9.98. The van der Waals surface area contributed by atoms with E-state index in [0.717, 1.165) is 11.4 Å². The van der Waals surface area contributed by atoms with Gasteiger partial charge in [-0.25, -0.2) is 0 Å². The van der Waals surface area contributed by atoms with Crippen molar-refractivity contribution in [3.05, 3.63) is 17.0 Å². The zero-order valence-electron chi connectivity index (χ0n) is 11.2. The van der Waals surface area contributed by atoms with Crippen molar-refractivity contribution in [3.63, 3.8) is 0 Å². The third-order valence-electron chi connectivity index (χ3n) is 3.59. The highest BCUT2D eigenvalue weighted by molar-refractivity contribution is 5.78. The Hall–Kier alpha value is -1.36. The molecule has 0 saturated heterocycles. The van der Waals surface area contributed by atoms with Gasteiger partial charge in [-0.05, 0) is 46.7 Å². The number of carboxylic acids is 1. The molecule has 1 heterocycles. The van der Waals surface area contributed by atoms with E-state index in [9.17, 15) is 4.79 Å². The summed E-state index contributed by atoms with van der Waals surface area (Å²) in [7, 11) is 1.67. The van der Waals surface area contributed by atoms with Crippen LogP contribution in [0.3, 0.4) is 0 Å². The van der Waals surface area contributed by atoms with Crippen LogP contribution in [0.2, 0.25) is 0 Å². The maximum atomic E-state index is 11.1. The Morgan fingerprint density at radius 1 is 1.47 bits per heavy atom. The highest BCUT2D eigenvalue weighted by Gasteiger charge is 2.30. The molecule has 17 heavy (non-hydrogen) atoms. The quantitative estimate of drug-likeness (QED) is 0.811. The first-order chi connectivity index (χ1) is 7.81. The van der Waals surface area contributed by atoms with Gasteiger partial charge in [-0.2, -0.15) is 5.10 Å². The lowest BCUT2D eigenvalue weighted by Gasteiger charge is -2.24. The molecule has 5 heteroatoms. The Morgan fingerprint density at radius 2 is 2.06 bits per heavy atom. The summed E-state index contributed by atoms with van der Waals surface area (Å²) in [4.78, 5) is 11.1. The topological polar surface area (TPSA) is 67.2 Å². The van der Waals surface area contributed by atoms with Crippen molar-refractivity contribution in [3.8, 4) is 0 Å². The maximum absolute atomic E-state index is 11.1. The average Bonchev–Trinajstić information content (AvgIpc) is 2.53. The largest absolute Gasteiger partial charge is 0.480 e. The van der Waals surface area contributed by atoms with Crippen molar-refractivity contribution < 1.29 is 9.90 Å². The fourth-order valence-electron chi connectivity index (χ4n) is 1.67. The second-order valence-corrected chi connectivity index (χ2v) is 4.66. The minimum Gasteiger partial charge on any atom is -0.480 e. The van der Waals surface area contributed by atoms with Crippen LogP contribution in [0.15, 0.2) is 0 Å². The van der Waals surface area contributed by atoms with Crippen molar-refractivity contribution in [2.75, 3.05) is 7.05 Å². The van der Waals surface area contributed by atoms with Gasteiger partial charge in [0, 0.05) is 12.2 Å². The molecule has 2 N–H and O–H groups in total. The summed E-state index contributed by atoms with van der Waals surface area (Å²) in [5.74, 6) is -0.835. The maximum Gasteiger partial charge on any atom is 0.323 e. The molecule has 0 spiro atoms. The molecule has 0 aliphatic carbocycles. The van der Waals surface area contributed by atoms with Crippen LogP contribution in [0, 0.1) is 20.8 Å². The predicted octanol–water partition coefficient (Wildman–Crippen LogP) is 1.26. The van der Waals surface area contributed by atoms with Crippen molar-refractivity contribution in [2.24, 2.45) is 0 Å². The molecule has 0 aromatic carbocycles. The van der Waals surface area contributed by atoms with Crippen molar-refractivity contribution in [1.29, 1.82) is 0 Å². The van der Waals surface area contributed by atoms with E-state index in [0.29, 0.717) is 13.0 Å². The predicted molar refractivity (Wildman–Crippen MR) is 66.2 cm³/mol. The van der Waals surface area contributed by atoms with Gasteiger partial charge in [-0.1, -0.05) is 0 Å². The van der Waals surface area contributed by atoms with Gasteiger partial charge in [0.2, 0.25) is 0 Å². The van der Waals surface area contributed by atoms with Crippen LogP contribution < -0.4 is 5.32 Å². The van der Waals surface area contributed by atoms with E-state index in [-0.39, 0.29) is 0 Å². The molecule has 0 fully saturated rings. The van der Waals surface area contributed by atoms with Crippen LogP contribution in [0.4, 0.5) is 0 Å². The van der Waals surface area contributed by atoms with E-state index in [1.807, 2.05) is 25.5 Å². The zero-order valence-corrected chi connectivity index (χ0v) is 11.2. The Labute approximate surface area is 102 Å². The van der Waals surface area contributed by atoms with E-state index in [4.69, 9.17) is 5.11 Å². The molecule has 96 valence electrons. The average molecular weight is 239 g/mol. The molecule has 0 aliphatic heterocycles. The van der Waals surface area contributed by atoms with Gasteiger partial charge in [0.15, 0.2) is 0 Å². The van der Waals surface area contributed by atoms with Crippen molar-refractivity contribution >= 4 is 5.97 Å². The number of hydrogen-bond acceptors (Lipinski definition) is 3. The van der Waals surface area contributed by atoms with E-state index in [1.54, 1.807) is 14.0 Å². The number of nitrogens with zero attached hydrogens (tertiary/aromatic N) is 2. The third-order valence-corrected chi connectivity index (χ3v) is 3.59. The summed E-state index contributed by atoms with van der Waals surface area (Å²) >= 11 is 0. The van der Waals surface area contributed by atoms with Crippen LogP contribution in [0.1, 0.15) is 30.3 Å².